The van der Waals surface area contributed by atoms with Gasteiger partial charge in [0, 0.05) is 18.4 Å². The van der Waals surface area contributed by atoms with Gasteiger partial charge in [-0.25, -0.2) is 4.79 Å². The molecule has 2 amide bonds. The quantitative estimate of drug-likeness (QED) is 0.476. The topological polar surface area (TPSA) is 117 Å². The largest absolute Gasteiger partial charge is 0.496 e. The average molecular weight is 542 g/mol. The monoisotopic (exact) mass is 541 g/mol. The molecule has 3 aliphatic rings. The number of ether oxygens (including phenoxy) is 1. The Morgan fingerprint density at radius 2 is 1.82 bits per heavy atom. The van der Waals surface area contributed by atoms with Gasteiger partial charge in [-0.2, -0.15) is 0 Å². The number of methoxy groups -OCH3 is 1. The van der Waals surface area contributed by atoms with Crippen molar-refractivity contribution in [2.75, 3.05) is 13.7 Å². The van der Waals surface area contributed by atoms with Crippen molar-refractivity contribution in [3.8, 4) is 5.75 Å². The molecule has 2 heterocycles. The molecule has 1 spiro atoms. The lowest BCUT2D eigenvalue weighted by molar-refractivity contribution is -0.150. The number of hydrogen-bond donors (Lipinski definition) is 3. The Balaban J connectivity index is 1.55. The van der Waals surface area contributed by atoms with Gasteiger partial charge >= 0.3 is 5.97 Å². The van der Waals surface area contributed by atoms with E-state index >= 15 is 0 Å². The molecule has 2 aliphatic heterocycles. The summed E-state index contributed by atoms with van der Waals surface area (Å²) in [6, 6.07) is 2.04. The maximum atomic E-state index is 13.9. The van der Waals surface area contributed by atoms with Crippen LogP contribution >= 0.6 is 0 Å². The first-order valence-corrected chi connectivity index (χ1v) is 14.0. The molecule has 9 heteroatoms. The van der Waals surface area contributed by atoms with Crippen LogP contribution in [0, 0.1) is 25.2 Å². The Bertz CT molecular complexity index is 1130. The number of aliphatic carboxylic acids is 1. The maximum absolute atomic E-state index is 13.9. The summed E-state index contributed by atoms with van der Waals surface area (Å²) < 4.78 is 5.48. The van der Waals surface area contributed by atoms with Gasteiger partial charge in [0.2, 0.25) is 11.8 Å². The number of hydroxylamine groups is 1. The standard InChI is InChI=1S/C30H43N3O6/c1-18-12-21(13-19(2)25(18)38-6)22-15-30(39-32-22)16-23(28(36)37)33(17-30)27(35)26(29(3,4)5)31-24(34)14-20-10-8-7-9-11-20/h12-13,15,20,23,26,32H,7-11,14,16-17H2,1-6H3,(H,31,34)(H,36,37)/t23-,26+,30+/m0/s1. The van der Waals surface area contributed by atoms with E-state index in [0.29, 0.717) is 12.3 Å². The van der Waals surface area contributed by atoms with Gasteiger partial charge in [0.15, 0.2) is 0 Å². The molecule has 1 saturated heterocycles. The molecule has 39 heavy (non-hydrogen) atoms. The summed E-state index contributed by atoms with van der Waals surface area (Å²) in [5, 5.41) is 13.1. The summed E-state index contributed by atoms with van der Waals surface area (Å²) in [6.07, 6.45) is 7.92. The zero-order valence-corrected chi connectivity index (χ0v) is 24.1. The lowest BCUT2D eigenvalue weighted by Gasteiger charge is -2.35. The first-order chi connectivity index (χ1) is 18.3. The van der Waals surface area contributed by atoms with Gasteiger partial charge < -0.3 is 20.1 Å². The van der Waals surface area contributed by atoms with E-state index < -0.39 is 35.0 Å². The molecule has 1 aromatic rings. The number of nitrogens with one attached hydrogen (secondary N) is 2. The molecule has 214 valence electrons. The Kier molecular flexibility index (Phi) is 8.30. The second kappa shape index (κ2) is 11.2. The van der Waals surface area contributed by atoms with Gasteiger partial charge in [-0.3, -0.25) is 19.9 Å². The van der Waals surface area contributed by atoms with Crippen LogP contribution in [0.4, 0.5) is 0 Å². The van der Waals surface area contributed by atoms with E-state index in [2.05, 4.69) is 10.8 Å². The highest BCUT2D eigenvalue weighted by Crippen LogP contribution is 2.39. The minimum Gasteiger partial charge on any atom is -0.496 e. The predicted molar refractivity (Wildman–Crippen MR) is 148 cm³/mol. The molecule has 0 radical (unpaired) electrons. The Morgan fingerprint density at radius 1 is 1.18 bits per heavy atom. The number of carboxylic acid groups (broad SMARTS) is 1. The van der Waals surface area contributed by atoms with Crippen molar-refractivity contribution >= 4 is 23.5 Å². The molecule has 1 aliphatic carbocycles. The molecule has 0 unspecified atom stereocenters. The maximum Gasteiger partial charge on any atom is 0.326 e. The van der Waals surface area contributed by atoms with Crippen LogP contribution in [0.15, 0.2) is 18.2 Å². The predicted octanol–water partition coefficient (Wildman–Crippen LogP) is 4.11. The van der Waals surface area contributed by atoms with Crippen molar-refractivity contribution in [2.24, 2.45) is 11.3 Å². The third-order valence-electron chi connectivity index (χ3n) is 8.29. The highest BCUT2D eigenvalue weighted by molar-refractivity contribution is 5.92. The zero-order valence-electron chi connectivity index (χ0n) is 24.1. The number of carbonyl (C=O) groups is 3. The number of likely N-dealkylation sites (tertiary alicyclic amines) is 1. The molecule has 3 atom stereocenters. The van der Waals surface area contributed by atoms with E-state index in [0.717, 1.165) is 53.8 Å². The van der Waals surface area contributed by atoms with Gasteiger partial charge in [-0.1, -0.05) is 40.0 Å². The average Bonchev–Trinajstić information content (AvgIpc) is 3.46. The van der Waals surface area contributed by atoms with Gasteiger partial charge in [-0.15, -0.1) is 0 Å². The van der Waals surface area contributed by atoms with Gasteiger partial charge in [0.25, 0.3) is 0 Å². The van der Waals surface area contributed by atoms with Crippen LogP contribution in [0.25, 0.3) is 5.70 Å². The number of rotatable bonds is 7. The van der Waals surface area contributed by atoms with Crippen LogP contribution in [0.2, 0.25) is 0 Å². The highest BCUT2D eigenvalue weighted by atomic mass is 16.7. The number of amides is 2. The lowest BCUT2D eigenvalue weighted by Crippen LogP contribution is -2.57. The first-order valence-electron chi connectivity index (χ1n) is 14.0. The second-order valence-electron chi connectivity index (χ2n) is 12.6. The van der Waals surface area contributed by atoms with Crippen molar-refractivity contribution in [1.82, 2.24) is 15.7 Å². The van der Waals surface area contributed by atoms with E-state index in [1.807, 2.05) is 52.8 Å². The Hall–Kier alpha value is -3.07. The number of carboxylic acids is 1. The minimum atomic E-state index is -1.09. The second-order valence-corrected chi connectivity index (χ2v) is 12.6. The number of nitrogens with zero attached hydrogens (tertiary/aromatic N) is 1. The van der Waals surface area contributed by atoms with Crippen molar-refractivity contribution in [3.63, 3.8) is 0 Å². The molecular weight excluding hydrogens is 498 g/mol. The van der Waals surface area contributed by atoms with Crippen LogP contribution in [0.3, 0.4) is 0 Å². The van der Waals surface area contributed by atoms with E-state index in [9.17, 15) is 19.5 Å². The van der Waals surface area contributed by atoms with Crippen LogP contribution in [0.1, 0.15) is 82.4 Å². The Labute approximate surface area is 231 Å². The smallest absolute Gasteiger partial charge is 0.326 e. The SMILES string of the molecule is COc1c(C)cc(C2=C[C@]3(C[C@@H](C(=O)O)N(C(=O)[C@@H](NC(=O)CC4CCCCC4)C(C)(C)C)C3)ON2)cc1C. The summed E-state index contributed by atoms with van der Waals surface area (Å²) in [6.45, 7) is 9.66. The fourth-order valence-electron chi connectivity index (χ4n) is 6.27. The van der Waals surface area contributed by atoms with Gasteiger partial charge in [-0.05, 0) is 67.4 Å². The minimum absolute atomic E-state index is 0.0680. The summed E-state index contributed by atoms with van der Waals surface area (Å²) in [5.74, 6) is -0.492. The highest BCUT2D eigenvalue weighted by Gasteiger charge is 2.53. The lowest BCUT2D eigenvalue weighted by atomic mass is 9.84. The summed E-state index contributed by atoms with van der Waals surface area (Å²) in [7, 11) is 1.64. The van der Waals surface area contributed by atoms with Gasteiger partial charge in [0.05, 0.1) is 19.4 Å². The summed E-state index contributed by atoms with van der Waals surface area (Å²) in [5.41, 5.74) is 4.93. The van der Waals surface area contributed by atoms with Crippen LogP contribution < -0.4 is 15.5 Å². The van der Waals surface area contributed by atoms with E-state index in [1.165, 1.54) is 11.3 Å². The van der Waals surface area contributed by atoms with E-state index in [-0.39, 0.29) is 18.9 Å². The molecule has 0 bridgehead atoms. The molecular formula is C30H43N3O6. The molecule has 1 aromatic carbocycles. The molecule has 9 nitrogen and oxygen atoms in total. The third-order valence-corrected chi connectivity index (χ3v) is 8.29. The number of aryl methyl sites for hydroxylation is 2. The number of benzene rings is 1. The Morgan fingerprint density at radius 3 is 2.38 bits per heavy atom. The van der Waals surface area contributed by atoms with Crippen LogP contribution in [-0.4, -0.2) is 59.1 Å². The summed E-state index contributed by atoms with van der Waals surface area (Å²) in [4.78, 5) is 46.6. The third kappa shape index (κ3) is 6.24. The van der Waals surface area contributed by atoms with E-state index in [1.54, 1.807) is 7.11 Å². The normalized spacial score (nSPS) is 24.3. The van der Waals surface area contributed by atoms with Crippen molar-refractivity contribution in [2.45, 2.75) is 97.2 Å². The number of carbonyl (C=O) groups excluding carboxylic acids is 2. The molecule has 0 aromatic heterocycles. The molecule has 3 N–H and O–H groups in total. The fourth-order valence-corrected chi connectivity index (χ4v) is 6.27. The van der Waals surface area contributed by atoms with Crippen LogP contribution in [0.5, 0.6) is 5.75 Å². The van der Waals surface area contributed by atoms with Crippen LogP contribution in [-0.2, 0) is 19.2 Å². The van der Waals surface area contributed by atoms with Crippen molar-refractivity contribution < 1.29 is 29.1 Å². The number of hydrogen-bond acceptors (Lipinski definition) is 6. The summed E-state index contributed by atoms with van der Waals surface area (Å²) >= 11 is 0. The van der Waals surface area contributed by atoms with Crippen molar-refractivity contribution in [1.29, 1.82) is 0 Å². The fraction of sp³-hybridized carbons (Fsp3) is 0.633. The molecule has 4 rings (SSSR count). The van der Waals surface area contributed by atoms with E-state index in [4.69, 9.17) is 9.57 Å². The molecule has 1 saturated carbocycles. The molecule has 2 fully saturated rings. The van der Waals surface area contributed by atoms with Gasteiger partial charge in [0.1, 0.15) is 23.4 Å². The van der Waals surface area contributed by atoms with Crippen molar-refractivity contribution in [3.05, 3.63) is 34.9 Å². The zero-order chi connectivity index (χ0) is 28.5. The first kappa shape index (κ1) is 28.9.